The molecule has 5 heteroatoms. The highest BCUT2D eigenvalue weighted by atomic mass is 79.9. The highest BCUT2D eigenvalue weighted by Crippen LogP contribution is 2.26. The van der Waals surface area contributed by atoms with E-state index in [2.05, 4.69) is 27.8 Å². The van der Waals surface area contributed by atoms with Gasteiger partial charge >= 0.3 is 0 Å². The first-order valence-corrected chi connectivity index (χ1v) is 7.67. The Bertz CT molecular complexity index is 678. The van der Waals surface area contributed by atoms with E-state index in [9.17, 15) is 9.59 Å². The van der Waals surface area contributed by atoms with Gasteiger partial charge in [0.05, 0.1) is 17.5 Å². The largest absolute Gasteiger partial charge is 0.491 e. The first-order chi connectivity index (χ1) is 9.67. The molecule has 0 aliphatic heterocycles. The Labute approximate surface area is 125 Å². The van der Waals surface area contributed by atoms with Crippen molar-refractivity contribution in [3.8, 4) is 5.75 Å². The SMILES string of the molecule is CCCCOc1ccc(C(=O)CBr)c2ccc(=O)[nH]c12. The Kier molecular flexibility index (Phi) is 4.95. The number of hydrogen-bond acceptors (Lipinski definition) is 3. The van der Waals surface area contributed by atoms with Crippen molar-refractivity contribution >= 4 is 32.6 Å². The Morgan fingerprint density at radius 3 is 2.80 bits per heavy atom. The van der Waals surface area contributed by atoms with E-state index in [0.717, 1.165) is 12.8 Å². The Morgan fingerprint density at radius 2 is 2.10 bits per heavy atom. The van der Waals surface area contributed by atoms with E-state index in [-0.39, 0.29) is 16.7 Å². The van der Waals surface area contributed by atoms with Gasteiger partial charge in [-0.2, -0.15) is 0 Å². The molecule has 0 aliphatic rings. The van der Waals surface area contributed by atoms with Gasteiger partial charge in [0.1, 0.15) is 5.75 Å². The normalized spacial score (nSPS) is 10.7. The molecule has 1 N–H and O–H groups in total. The lowest BCUT2D eigenvalue weighted by Gasteiger charge is -2.11. The van der Waals surface area contributed by atoms with Gasteiger partial charge in [0.2, 0.25) is 5.56 Å². The van der Waals surface area contributed by atoms with Crippen LogP contribution in [0.25, 0.3) is 10.9 Å². The molecule has 2 aromatic rings. The van der Waals surface area contributed by atoms with Gasteiger partial charge < -0.3 is 9.72 Å². The van der Waals surface area contributed by atoms with Crippen LogP contribution in [0, 0.1) is 0 Å². The molecule has 0 saturated heterocycles. The predicted octanol–water partition coefficient (Wildman–Crippen LogP) is 3.28. The van der Waals surface area contributed by atoms with Crippen molar-refractivity contribution in [2.24, 2.45) is 0 Å². The number of alkyl halides is 1. The van der Waals surface area contributed by atoms with E-state index in [1.54, 1.807) is 18.2 Å². The number of halogens is 1. The summed E-state index contributed by atoms with van der Waals surface area (Å²) in [5.74, 6) is 0.583. The third-order valence-electron chi connectivity index (χ3n) is 3.03. The number of aromatic nitrogens is 1. The molecular weight excluding hydrogens is 322 g/mol. The smallest absolute Gasteiger partial charge is 0.248 e. The number of fused-ring (bicyclic) bond motifs is 1. The number of aromatic amines is 1. The zero-order valence-corrected chi connectivity index (χ0v) is 12.8. The second-order valence-corrected chi connectivity index (χ2v) is 5.04. The number of benzene rings is 1. The van der Waals surface area contributed by atoms with Crippen molar-refractivity contribution in [2.75, 3.05) is 11.9 Å². The Morgan fingerprint density at radius 1 is 1.30 bits per heavy atom. The molecule has 0 radical (unpaired) electrons. The number of unbranched alkanes of at least 4 members (excludes halogenated alkanes) is 1. The fraction of sp³-hybridized carbons (Fsp3) is 0.333. The molecule has 0 spiro atoms. The van der Waals surface area contributed by atoms with Crippen LogP contribution in [0.15, 0.2) is 29.1 Å². The maximum Gasteiger partial charge on any atom is 0.248 e. The van der Waals surface area contributed by atoms with Crippen LogP contribution in [-0.4, -0.2) is 22.7 Å². The molecular formula is C15H16BrNO3. The van der Waals surface area contributed by atoms with E-state index in [1.807, 2.05) is 0 Å². The molecule has 0 saturated carbocycles. The molecule has 1 aromatic heterocycles. The van der Waals surface area contributed by atoms with Crippen LogP contribution in [0.4, 0.5) is 0 Å². The zero-order valence-electron chi connectivity index (χ0n) is 11.2. The number of Topliss-reactive ketones (excluding diaryl/α,β-unsaturated/α-hetero) is 1. The fourth-order valence-corrected chi connectivity index (χ4v) is 2.29. The molecule has 4 nitrogen and oxygen atoms in total. The lowest BCUT2D eigenvalue weighted by Crippen LogP contribution is -2.08. The van der Waals surface area contributed by atoms with Crippen LogP contribution < -0.4 is 10.3 Å². The Hall–Kier alpha value is -1.62. The van der Waals surface area contributed by atoms with Gasteiger partial charge in [0.15, 0.2) is 5.78 Å². The maximum absolute atomic E-state index is 11.9. The second-order valence-electron chi connectivity index (χ2n) is 4.48. The van der Waals surface area contributed by atoms with Gasteiger partial charge in [0.25, 0.3) is 0 Å². The van der Waals surface area contributed by atoms with Crippen LogP contribution in [0.5, 0.6) is 5.75 Å². The molecule has 2 rings (SSSR count). The van der Waals surface area contributed by atoms with E-state index in [0.29, 0.717) is 28.8 Å². The molecule has 0 aliphatic carbocycles. The molecule has 0 atom stereocenters. The van der Waals surface area contributed by atoms with Gasteiger partial charge in [-0.3, -0.25) is 9.59 Å². The van der Waals surface area contributed by atoms with Gasteiger partial charge in [-0.1, -0.05) is 29.3 Å². The quantitative estimate of drug-likeness (QED) is 0.500. The molecule has 0 bridgehead atoms. The number of H-pyrrole nitrogens is 1. The zero-order chi connectivity index (χ0) is 14.5. The van der Waals surface area contributed by atoms with E-state index in [1.165, 1.54) is 6.07 Å². The Balaban J connectivity index is 2.52. The highest BCUT2D eigenvalue weighted by molar-refractivity contribution is 9.09. The molecule has 20 heavy (non-hydrogen) atoms. The van der Waals surface area contributed by atoms with Gasteiger partial charge in [0, 0.05) is 17.0 Å². The van der Waals surface area contributed by atoms with Gasteiger partial charge in [-0.25, -0.2) is 0 Å². The third kappa shape index (κ3) is 3.10. The van der Waals surface area contributed by atoms with E-state index >= 15 is 0 Å². The maximum atomic E-state index is 11.9. The molecule has 0 fully saturated rings. The average Bonchev–Trinajstić information content (AvgIpc) is 2.46. The summed E-state index contributed by atoms with van der Waals surface area (Å²) in [4.78, 5) is 26.2. The van der Waals surface area contributed by atoms with Crippen LogP contribution in [0.2, 0.25) is 0 Å². The molecule has 1 heterocycles. The van der Waals surface area contributed by atoms with E-state index in [4.69, 9.17) is 4.74 Å². The van der Waals surface area contributed by atoms with Gasteiger partial charge in [-0.15, -0.1) is 0 Å². The van der Waals surface area contributed by atoms with Crippen molar-refractivity contribution in [2.45, 2.75) is 19.8 Å². The number of rotatable bonds is 6. The summed E-state index contributed by atoms with van der Waals surface area (Å²) >= 11 is 3.17. The molecule has 106 valence electrons. The standard InChI is InChI=1S/C15H16BrNO3/c1-2-3-8-20-13-6-4-10(12(18)9-16)11-5-7-14(19)17-15(11)13/h4-7H,2-3,8-9H2,1H3,(H,17,19). The number of carbonyl (C=O) groups is 1. The van der Waals surface area contributed by atoms with Crippen molar-refractivity contribution < 1.29 is 9.53 Å². The number of ether oxygens (including phenoxy) is 1. The van der Waals surface area contributed by atoms with Crippen molar-refractivity contribution in [3.63, 3.8) is 0 Å². The summed E-state index contributed by atoms with van der Waals surface area (Å²) in [6.07, 6.45) is 1.98. The summed E-state index contributed by atoms with van der Waals surface area (Å²) < 4.78 is 5.69. The summed E-state index contributed by atoms with van der Waals surface area (Å²) in [5.41, 5.74) is 0.956. The topological polar surface area (TPSA) is 59.2 Å². The summed E-state index contributed by atoms with van der Waals surface area (Å²) in [6, 6.07) is 6.56. The fourth-order valence-electron chi connectivity index (χ4n) is 1.99. The summed E-state index contributed by atoms with van der Waals surface area (Å²) in [7, 11) is 0. The molecule has 0 unspecified atom stereocenters. The number of hydrogen-bond donors (Lipinski definition) is 1. The van der Waals surface area contributed by atoms with Crippen LogP contribution >= 0.6 is 15.9 Å². The number of pyridine rings is 1. The first-order valence-electron chi connectivity index (χ1n) is 6.55. The average molecular weight is 338 g/mol. The summed E-state index contributed by atoms with van der Waals surface area (Å²) in [6.45, 7) is 2.68. The van der Waals surface area contributed by atoms with Crippen LogP contribution in [0.1, 0.15) is 30.1 Å². The monoisotopic (exact) mass is 337 g/mol. The van der Waals surface area contributed by atoms with Crippen molar-refractivity contribution in [3.05, 3.63) is 40.2 Å². The van der Waals surface area contributed by atoms with E-state index < -0.39 is 0 Å². The minimum absolute atomic E-state index is 0.0258. The number of nitrogens with one attached hydrogen (secondary N) is 1. The van der Waals surface area contributed by atoms with Gasteiger partial charge in [-0.05, 0) is 24.6 Å². The third-order valence-corrected chi connectivity index (χ3v) is 3.54. The minimum atomic E-state index is -0.207. The number of carbonyl (C=O) groups excluding carboxylic acids is 1. The van der Waals surface area contributed by atoms with Crippen molar-refractivity contribution in [1.29, 1.82) is 0 Å². The minimum Gasteiger partial charge on any atom is -0.491 e. The highest BCUT2D eigenvalue weighted by Gasteiger charge is 2.13. The predicted molar refractivity (Wildman–Crippen MR) is 83.1 cm³/mol. The molecule has 0 amide bonds. The van der Waals surface area contributed by atoms with Crippen LogP contribution in [0.3, 0.4) is 0 Å². The van der Waals surface area contributed by atoms with Crippen LogP contribution in [-0.2, 0) is 0 Å². The summed E-state index contributed by atoms with van der Waals surface area (Å²) in [5, 5.41) is 0.958. The second kappa shape index (κ2) is 6.70. The number of ketones is 1. The van der Waals surface area contributed by atoms with Crippen molar-refractivity contribution in [1.82, 2.24) is 4.98 Å². The lowest BCUT2D eigenvalue weighted by atomic mass is 10.0. The molecule has 1 aromatic carbocycles. The first kappa shape index (κ1) is 14.8. The lowest BCUT2D eigenvalue weighted by molar-refractivity contribution is 0.102.